The number of hydrogen-bond acceptors (Lipinski definition) is 3. The van der Waals surface area contributed by atoms with Crippen molar-refractivity contribution in [2.45, 2.75) is 24.0 Å². The van der Waals surface area contributed by atoms with E-state index in [1.54, 1.807) is 24.3 Å². The largest absolute Gasteiger partial charge is 0.368 e. The smallest absolute Gasteiger partial charge is 0.243 e. The normalized spacial score (nSPS) is 22.5. The Kier molecular flexibility index (Phi) is 4.92. The van der Waals surface area contributed by atoms with E-state index < -0.39 is 16.1 Å². The van der Waals surface area contributed by atoms with Gasteiger partial charge in [-0.2, -0.15) is 4.31 Å². The number of hydrogen-bond donors (Lipinski definition) is 0. The molecule has 1 aliphatic rings. The predicted octanol–water partition coefficient (Wildman–Crippen LogP) is 3.63. The van der Waals surface area contributed by atoms with Crippen molar-refractivity contribution in [3.05, 3.63) is 64.9 Å². The van der Waals surface area contributed by atoms with Gasteiger partial charge >= 0.3 is 0 Å². The molecule has 0 spiro atoms. The van der Waals surface area contributed by atoms with Crippen LogP contribution >= 0.6 is 11.6 Å². The van der Waals surface area contributed by atoms with Crippen molar-refractivity contribution >= 4 is 21.6 Å². The van der Waals surface area contributed by atoms with Crippen LogP contribution in [0.15, 0.2) is 53.4 Å². The second-order valence-corrected chi connectivity index (χ2v) is 8.14. The lowest BCUT2D eigenvalue weighted by Gasteiger charge is -2.36. The van der Waals surface area contributed by atoms with Crippen LogP contribution in [0.1, 0.15) is 18.6 Å². The zero-order valence-corrected chi connectivity index (χ0v) is 14.6. The summed E-state index contributed by atoms with van der Waals surface area (Å²) in [6, 6.07) is 12.0. The van der Waals surface area contributed by atoms with E-state index >= 15 is 0 Å². The standard InChI is InChI=1S/C17H17ClFNO3S/c1-12-10-20(24(21,22)16-8-4-14(18)5-9-16)11-17(23-12)13-2-6-15(19)7-3-13/h2-9,12,17H,10-11H2,1H3. The molecule has 4 nitrogen and oxygen atoms in total. The van der Waals surface area contributed by atoms with Crippen LogP contribution in [-0.4, -0.2) is 31.9 Å². The molecule has 1 saturated heterocycles. The van der Waals surface area contributed by atoms with Gasteiger partial charge in [-0.05, 0) is 48.9 Å². The Hall–Kier alpha value is -1.47. The van der Waals surface area contributed by atoms with Gasteiger partial charge < -0.3 is 4.74 Å². The molecule has 24 heavy (non-hydrogen) atoms. The number of ether oxygens (including phenoxy) is 1. The van der Waals surface area contributed by atoms with Gasteiger partial charge in [-0.15, -0.1) is 0 Å². The third kappa shape index (κ3) is 3.62. The first-order valence-electron chi connectivity index (χ1n) is 7.53. The van der Waals surface area contributed by atoms with Crippen LogP contribution in [0, 0.1) is 5.82 Å². The lowest BCUT2D eigenvalue weighted by molar-refractivity contribution is -0.0557. The Labute approximate surface area is 145 Å². The molecule has 1 fully saturated rings. The maximum absolute atomic E-state index is 13.1. The minimum absolute atomic E-state index is 0.181. The molecule has 2 atom stereocenters. The third-order valence-electron chi connectivity index (χ3n) is 3.92. The van der Waals surface area contributed by atoms with Crippen molar-refractivity contribution in [3.63, 3.8) is 0 Å². The minimum Gasteiger partial charge on any atom is -0.368 e. The van der Waals surface area contributed by atoms with Crippen LogP contribution in [0.4, 0.5) is 4.39 Å². The molecular weight excluding hydrogens is 353 g/mol. The summed E-state index contributed by atoms with van der Waals surface area (Å²) in [5, 5.41) is 0.480. The first kappa shape index (κ1) is 17.4. The van der Waals surface area contributed by atoms with Gasteiger partial charge in [0.1, 0.15) is 5.82 Å². The number of rotatable bonds is 3. The second-order valence-electron chi connectivity index (χ2n) is 5.76. The fourth-order valence-electron chi connectivity index (χ4n) is 2.73. The zero-order chi connectivity index (χ0) is 17.3. The molecule has 1 aliphatic heterocycles. The highest BCUT2D eigenvalue weighted by molar-refractivity contribution is 7.89. The van der Waals surface area contributed by atoms with Gasteiger partial charge in [-0.3, -0.25) is 0 Å². The van der Waals surface area contributed by atoms with Crippen molar-refractivity contribution in [1.29, 1.82) is 0 Å². The van der Waals surface area contributed by atoms with Crippen molar-refractivity contribution in [1.82, 2.24) is 4.31 Å². The molecule has 0 amide bonds. The van der Waals surface area contributed by atoms with Crippen LogP contribution in [0.5, 0.6) is 0 Å². The van der Waals surface area contributed by atoms with Crippen LogP contribution in [-0.2, 0) is 14.8 Å². The molecule has 0 aliphatic carbocycles. The van der Waals surface area contributed by atoms with Crippen LogP contribution < -0.4 is 0 Å². The Balaban J connectivity index is 1.87. The van der Waals surface area contributed by atoms with Gasteiger partial charge in [-0.25, -0.2) is 12.8 Å². The SMILES string of the molecule is CC1CN(S(=O)(=O)c2ccc(Cl)cc2)CC(c2ccc(F)cc2)O1. The molecule has 2 aromatic carbocycles. The topological polar surface area (TPSA) is 46.6 Å². The van der Waals surface area contributed by atoms with Gasteiger partial charge in [-0.1, -0.05) is 23.7 Å². The fraction of sp³-hybridized carbons (Fsp3) is 0.294. The van der Waals surface area contributed by atoms with E-state index in [1.165, 1.54) is 28.6 Å². The van der Waals surface area contributed by atoms with Crippen LogP contribution in [0.2, 0.25) is 5.02 Å². The first-order valence-corrected chi connectivity index (χ1v) is 9.35. The minimum atomic E-state index is -3.64. The van der Waals surface area contributed by atoms with E-state index in [1.807, 2.05) is 6.92 Å². The summed E-state index contributed by atoms with van der Waals surface area (Å²) in [6.07, 6.45) is -0.702. The van der Waals surface area contributed by atoms with Gasteiger partial charge in [0, 0.05) is 18.1 Å². The monoisotopic (exact) mass is 369 g/mol. The Morgan fingerprint density at radius 3 is 2.33 bits per heavy atom. The number of nitrogens with zero attached hydrogens (tertiary/aromatic N) is 1. The molecule has 0 aromatic heterocycles. The van der Waals surface area contributed by atoms with Gasteiger partial charge in [0.2, 0.25) is 10.0 Å². The maximum atomic E-state index is 13.1. The van der Waals surface area contributed by atoms with Gasteiger partial charge in [0.15, 0.2) is 0 Å². The van der Waals surface area contributed by atoms with E-state index in [-0.39, 0.29) is 29.9 Å². The van der Waals surface area contributed by atoms with E-state index in [0.29, 0.717) is 5.02 Å². The van der Waals surface area contributed by atoms with E-state index in [2.05, 4.69) is 0 Å². The summed E-state index contributed by atoms with van der Waals surface area (Å²) in [5.41, 5.74) is 0.749. The molecular formula is C17H17ClFNO3S. The molecule has 2 unspecified atom stereocenters. The van der Waals surface area contributed by atoms with Crippen LogP contribution in [0.25, 0.3) is 0 Å². The number of benzene rings is 2. The summed E-state index contributed by atoms with van der Waals surface area (Å²) >= 11 is 5.83. The van der Waals surface area contributed by atoms with Crippen molar-refractivity contribution < 1.29 is 17.5 Å². The number of morpholine rings is 1. The van der Waals surface area contributed by atoms with Crippen LogP contribution in [0.3, 0.4) is 0 Å². The maximum Gasteiger partial charge on any atom is 0.243 e. The highest BCUT2D eigenvalue weighted by Crippen LogP contribution is 2.29. The quantitative estimate of drug-likeness (QED) is 0.830. The second kappa shape index (κ2) is 6.80. The molecule has 0 radical (unpaired) electrons. The van der Waals surface area contributed by atoms with Gasteiger partial charge in [0.05, 0.1) is 17.1 Å². The van der Waals surface area contributed by atoms with Crippen molar-refractivity contribution in [3.8, 4) is 0 Å². The van der Waals surface area contributed by atoms with E-state index in [4.69, 9.17) is 16.3 Å². The zero-order valence-electron chi connectivity index (χ0n) is 13.0. The average molecular weight is 370 g/mol. The molecule has 3 rings (SSSR count). The molecule has 0 bridgehead atoms. The highest BCUT2D eigenvalue weighted by Gasteiger charge is 2.34. The van der Waals surface area contributed by atoms with E-state index in [0.717, 1.165) is 5.56 Å². The average Bonchev–Trinajstić information content (AvgIpc) is 2.55. The third-order valence-corrected chi connectivity index (χ3v) is 6.02. The molecule has 1 heterocycles. The number of sulfonamides is 1. The summed E-state index contributed by atoms with van der Waals surface area (Å²) in [6.45, 7) is 2.27. The molecule has 7 heteroatoms. The summed E-state index contributed by atoms with van der Waals surface area (Å²) in [7, 11) is -3.64. The summed E-state index contributed by atoms with van der Waals surface area (Å²) in [5.74, 6) is -0.340. The summed E-state index contributed by atoms with van der Waals surface area (Å²) in [4.78, 5) is 0.193. The Morgan fingerprint density at radius 1 is 1.08 bits per heavy atom. The molecule has 128 valence electrons. The summed E-state index contributed by atoms with van der Waals surface area (Å²) < 4.78 is 46.0. The van der Waals surface area contributed by atoms with E-state index in [9.17, 15) is 12.8 Å². The fourth-order valence-corrected chi connectivity index (χ4v) is 4.37. The van der Waals surface area contributed by atoms with Gasteiger partial charge in [0.25, 0.3) is 0 Å². The lowest BCUT2D eigenvalue weighted by atomic mass is 10.1. The first-order chi connectivity index (χ1) is 11.4. The Bertz CT molecular complexity index is 809. The molecule has 2 aromatic rings. The Morgan fingerprint density at radius 2 is 1.71 bits per heavy atom. The number of halogens is 2. The van der Waals surface area contributed by atoms with Crippen molar-refractivity contribution in [2.24, 2.45) is 0 Å². The van der Waals surface area contributed by atoms with Crippen molar-refractivity contribution in [2.75, 3.05) is 13.1 Å². The predicted molar refractivity (Wildman–Crippen MR) is 89.9 cm³/mol. The molecule has 0 saturated carbocycles. The molecule has 0 N–H and O–H groups in total. The highest BCUT2D eigenvalue weighted by atomic mass is 35.5. The lowest BCUT2D eigenvalue weighted by Crippen LogP contribution is -2.45.